The highest BCUT2D eigenvalue weighted by atomic mass is 16.5. The van der Waals surface area contributed by atoms with E-state index in [-0.39, 0.29) is 30.5 Å². The third-order valence-electron chi connectivity index (χ3n) is 7.29. The van der Waals surface area contributed by atoms with E-state index in [9.17, 15) is 14.4 Å². The van der Waals surface area contributed by atoms with E-state index in [1.165, 1.54) is 0 Å². The van der Waals surface area contributed by atoms with E-state index in [2.05, 4.69) is 0 Å². The maximum Gasteiger partial charge on any atom is 0.307 e. The van der Waals surface area contributed by atoms with Crippen LogP contribution in [0.5, 0.6) is 11.5 Å². The monoisotopic (exact) mass is 484 g/mol. The second-order valence-corrected chi connectivity index (χ2v) is 9.56. The largest absolute Gasteiger partial charge is 0.493 e. The second kappa shape index (κ2) is 9.61. The lowest BCUT2D eigenvalue weighted by Gasteiger charge is -2.28. The van der Waals surface area contributed by atoms with E-state index in [1.54, 1.807) is 73.8 Å². The summed E-state index contributed by atoms with van der Waals surface area (Å²) in [6.07, 6.45) is 4.30. The lowest BCUT2D eigenvalue weighted by atomic mass is 9.71. The van der Waals surface area contributed by atoms with Gasteiger partial charge in [-0.25, -0.2) is 0 Å². The van der Waals surface area contributed by atoms with Gasteiger partial charge in [-0.05, 0) is 60.9 Å². The summed E-state index contributed by atoms with van der Waals surface area (Å²) in [4.78, 5) is 39.0. The molecule has 0 radical (unpaired) electrons. The number of carboxylic acid groups (broad SMARTS) is 1. The maximum atomic E-state index is 14.0. The van der Waals surface area contributed by atoms with Crippen molar-refractivity contribution in [3.05, 3.63) is 94.5 Å². The zero-order valence-corrected chi connectivity index (χ0v) is 20.2. The van der Waals surface area contributed by atoms with Crippen LogP contribution in [0.3, 0.4) is 0 Å². The molecule has 0 bridgehead atoms. The average Bonchev–Trinajstić information content (AvgIpc) is 3.47. The number of hydrogen-bond acceptors (Lipinski definition) is 5. The summed E-state index contributed by atoms with van der Waals surface area (Å²) in [5, 5.41) is 9.08. The molecule has 0 atom stereocenters. The molecule has 3 aromatic rings. The summed E-state index contributed by atoms with van der Waals surface area (Å²) in [6, 6.07) is 19.3. The van der Waals surface area contributed by atoms with Gasteiger partial charge in [0.25, 0.3) is 0 Å². The van der Waals surface area contributed by atoms with E-state index in [0.717, 1.165) is 31.2 Å². The van der Waals surface area contributed by atoms with Gasteiger partial charge in [-0.2, -0.15) is 0 Å². The van der Waals surface area contributed by atoms with Gasteiger partial charge in [0.15, 0.2) is 23.1 Å². The molecule has 6 nitrogen and oxygen atoms in total. The zero-order valence-electron chi connectivity index (χ0n) is 20.2. The highest BCUT2D eigenvalue weighted by Crippen LogP contribution is 2.45. The van der Waals surface area contributed by atoms with Crippen molar-refractivity contribution in [2.75, 3.05) is 7.11 Å². The minimum Gasteiger partial charge on any atom is -0.493 e. The molecule has 0 aromatic heterocycles. The van der Waals surface area contributed by atoms with Crippen LogP contribution in [0.4, 0.5) is 0 Å². The molecule has 36 heavy (non-hydrogen) atoms. The van der Waals surface area contributed by atoms with Crippen molar-refractivity contribution >= 4 is 17.5 Å². The lowest BCUT2D eigenvalue weighted by Crippen LogP contribution is -2.40. The Morgan fingerprint density at radius 2 is 1.50 bits per heavy atom. The van der Waals surface area contributed by atoms with Gasteiger partial charge in [-0.15, -0.1) is 0 Å². The van der Waals surface area contributed by atoms with Crippen LogP contribution in [0.25, 0.3) is 0 Å². The molecule has 2 aliphatic carbocycles. The molecule has 184 valence electrons. The molecule has 1 fully saturated rings. The Bertz CT molecular complexity index is 1280. The molecular formula is C30H28O6. The third kappa shape index (κ3) is 4.17. The smallest absolute Gasteiger partial charge is 0.307 e. The Morgan fingerprint density at radius 3 is 2.08 bits per heavy atom. The van der Waals surface area contributed by atoms with Crippen LogP contribution in [0, 0.1) is 0 Å². The molecule has 0 saturated heterocycles. The summed E-state index contributed by atoms with van der Waals surface area (Å²) in [6.45, 7) is 0. The van der Waals surface area contributed by atoms with E-state index in [0.29, 0.717) is 33.8 Å². The van der Waals surface area contributed by atoms with E-state index >= 15 is 0 Å². The van der Waals surface area contributed by atoms with Gasteiger partial charge in [0.1, 0.15) is 5.41 Å². The Kier molecular flexibility index (Phi) is 6.35. The fraction of sp³-hybridized carbons (Fsp3) is 0.300. The molecular weight excluding hydrogens is 456 g/mol. The first kappa shape index (κ1) is 23.8. The van der Waals surface area contributed by atoms with Crippen LogP contribution in [0.2, 0.25) is 0 Å². The van der Waals surface area contributed by atoms with Crippen molar-refractivity contribution in [1.82, 2.24) is 0 Å². The van der Waals surface area contributed by atoms with Crippen LogP contribution in [-0.4, -0.2) is 35.9 Å². The van der Waals surface area contributed by atoms with Crippen molar-refractivity contribution in [2.45, 2.75) is 50.0 Å². The number of methoxy groups -OCH3 is 1. The Morgan fingerprint density at radius 1 is 0.889 bits per heavy atom. The molecule has 1 N–H and O–H groups in total. The van der Waals surface area contributed by atoms with Crippen LogP contribution < -0.4 is 9.47 Å². The third-order valence-corrected chi connectivity index (χ3v) is 7.29. The predicted molar refractivity (Wildman–Crippen MR) is 134 cm³/mol. The fourth-order valence-corrected chi connectivity index (χ4v) is 5.44. The maximum absolute atomic E-state index is 14.0. The molecule has 0 unspecified atom stereocenters. The topological polar surface area (TPSA) is 89.9 Å². The Balaban J connectivity index is 1.60. The first-order valence-corrected chi connectivity index (χ1v) is 12.3. The van der Waals surface area contributed by atoms with Crippen LogP contribution in [0.1, 0.15) is 63.1 Å². The average molecular weight is 485 g/mol. The van der Waals surface area contributed by atoms with Crippen LogP contribution in [-0.2, 0) is 23.1 Å². The molecule has 6 heteroatoms. The molecule has 2 aliphatic rings. The number of benzene rings is 3. The minimum absolute atomic E-state index is 0.0825. The number of fused-ring (bicyclic) bond motifs is 1. The summed E-state index contributed by atoms with van der Waals surface area (Å²) in [5.74, 6) is -0.294. The van der Waals surface area contributed by atoms with E-state index in [1.807, 2.05) is 0 Å². The van der Waals surface area contributed by atoms with Gasteiger partial charge in [0.05, 0.1) is 19.6 Å². The summed E-state index contributed by atoms with van der Waals surface area (Å²) in [7, 11) is 1.58. The van der Waals surface area contributed by atoms with E-state index in [4.69, 9.17) is 14.6 Å². The number of carbonyl (C=O) groups is 3. The second-order valence-electron chi connectivity index (χ2n) is 9.56. The van der Waals surface area contributed by atoms with Crippen molar-refractivity contribution in [1.29, 1.82) is 0 Å². The van der Waals surface area contributed by atoms with Gasteiger partial charge in [-0.3, -0.25) is 14.4 Å². The molecule has 0 aliphatic heterocycles. The van der Waals surface area contributed by atoms with Crippen molar-refractivity contribution in [3.63, 3.8) is 0 Å². The highest BCUT2D eigenvalue weighted by molar-refractivity contribution is 6.33. The lowest BCUT2D eigenvalue weighted by molar-refractivity contribution is -0.136. The number of hydrogen-bond donors (Lipinski definition) is 1. The summed E-state index contributed by atoms with van der Waals surface area (Å²) >= 11 is 0. The first-order chi connectivity index (χ1) is 17.4. The Labute approximate surface area is 209 Å². The molecule has 3 aromatic carbocycles. The number of carbonyl (C=O) groups excluding carboxylic acids is 2. The molecule has 0 amide bonds. The summed E-state index contributed by atoms with van der Waals surface area (Å²) in [5.41, 5.74) is 1.38. The van der Waals surface area contributed by atoms with Crippen molar-refractivity contribution < 1.29 is 29.0 Å². The van der Waals surface area contributed by atoms with Gasteiger partial charge in [0, 0.05) is 11.1 Å². The fourth-order valence-electron chi connectivity index (χ4n) is 5.44. The number of carboxylic acids is 1. The van der Waals surface area contributed by atoms with Crippen molar-refractivity contribution in [2.24, 2.45) is 0 Å². The quantitative estimate of drug-likeness (QED) is 0.442. The molecule has 1 saturated carbocycles. The molecule has 0 heterocycles. The van der Waals surface area contributed by atoms with Crippen LogP contribution >= 0.6 is 0 Å². The number of ether oxygens (including phenoxy) is 2. The Hall–Kier alpha value is -3.93. The number of aliphatic carboxylic acids is 1. The summed E-state index contributed by atoms with van der Waals surface area (Å²) < 4.78 is 11.8. The number of Topliss-reactive ketones (excluding diaryl/α,β-unsaturated/α-hetero) is 2. The molecule has 5 rings (SSSR count). The standard InChI is InChI=1S/C30H28O6/c1-35-25-15-14-21(17-26(25)36-22-6-2-3-7-22)30(18-20-12-10-19(11-13-20)16-27(31)32)28(33)23-8-4-5-9-24(23)29(30)34/h4-5,8-15,17,22H,2-3,6-7,16,18H2,1H3,(H,31,32). The first-order valence-electron chi connectivity index (χ1n) is 12.3. The number of ketones is 2. The van der Waals surface area contributed by atoms with Gasteiger partial charge in [0.2, 0.25) is 0 Å². The predicted octanol–water partition coefficient (Wildman–Crippen LogP) is 5.20. The normalized spacial score (nSPS) is 16.7. The highest BCUT2D eigenvalue weighted by Gasteiger charge is 2.54. The molecule has 0 spiro atoms. The van der Waals surface area contributed by atoms with Gasteiger partial charge in [-0.1, -0.05) is 54.6 Å². The van der Waals surface area contributed by atoms with E-state index < -0.39 is 11.4 Å². The zero-order chi connectivity index (χ0) is 25.3. The van der Waals surface area contributed by atoms with Crippen molar-refractivity contribution in [3.8, 4) is 11.5 Å². The minimum atomic E-state index is -1.45. The SMILES string of the molecule is COc1ccc(C2(Cc3ccc(CC(=O)O)cc3)C(=O)c3ccccc3C2=O)cc1OC1CCCC1. The number of rotatable bonds is 8. The van der Waals surface area contributed by atoms with Crippen LogP contribution in [0.15, 0.2) is 66.7 Å². The van der Waals surface area contributed by atoms with Gasteiger partial charge < -0.3 is 14.6 Å². The van der Waals surface area contributed by atoms with Gasteiger partial charge >= 0.3 is 5.97 Å².